The lowest BCUT2D eigenvalue weighted by Crippen LogP contribution is -2.20. The molecule has 0 N–H and O–H groups in total. The molecule has 2 rings (SSSR count). The van der Waals surface area contributed by atoms with Crippen LogP contribution in [0, 0.1) is 12.7 Å². The summed E-state index contributed by atoms with van der Waals surface area (Å²) in [6.07, 6.45) is 1.92. The number of hydrogen-bond donors (Lipinski definition) is 0. The first-order valence-electron chi connectivity index (χ1n) is 5.74. The van der Waals surface area contributed by atoms with E-state index in [0.29, 0.717) is 18.7 Å². The number of hydrogen-bond acceptors (Lipinski definition) is 5. The van der Waals surface area contributed by atoms with Crippen LogP contribution >= 0.6 is 0 Å². The SMILES string of the molecule is CCc1ncnc(N(C)Cc2cc(C)on2)c1F. The van der Waals surface area contributed by atoms with Crippen LogP contribution in [0.1, 0.15) is 24.1 Å². The van der Waals surface area contributed by atoms with E-state index >= 15 is 0 Å². The van der Waals surface area contributed by atoms with Gasteiger partial charge in [0.05, 0.1) is 12.2 Å². The van der Waals surface area contributed by atoms with Crippen molar-refractivity contribution in [3.63, 3.8) is 0 Å². The maximum absolute atomic E-state index is 14.0. The first-order chi connectivity index (χ1) is 8.61. The molecule has 6 heteroatoms. The van der Waals surface area contributed by atoms with Gasteiger partial charge in [0.1, 0.15) is 17.8 Å². The lowest BCUT2D eigenvalue weighted by atomic mass is 10.3. The maximum atomic E-state index is 14.0. The number of halogens is 1. The molecule has 0 fully saturated rings. The molecule has 0 aliphatic rings. The molecule has 96 valence electrons. The molecule has 0 saturated carbocycles. The number of aryl methyl sites for hydroxylation is 2. The van der Waals surface area contributed by atoms with E-state index in [1.165, 1.54) is 6.33 Å². The van der Waals surface area contributed by atoms with Crippen LogP contribution in [0.3, 0.4) is 0 Å². The van der Waals surface area contributed by atoms with Gasteiger partial charge >= 0.3 is 0 Å². The van der Waals surface area contributed by atoms with Gasteiger partial charge in [0, 0.05) is 13.1 Å². The highest BCUT2D eigenvalue weighted by molar-refractivity contribution is 5.40. The highest BCUT2D eigenvalue weighted by atomic mass is 19.1. The van der Waals surface area contributed by atoms with Gasteiger partial charge in [-0.1, -0.05) is 12.1 Å². The van der Waals surface area contributed by atoms with E-state index in [-0.39, 0.29) is 11.6 Å². The smallest absolute Gasteiger partial charge is 0.187 e. The number of nitrogens with zero attached hydrogens (tertiary/aromatic N) is 4. The molecule has 0 aromatic carbocycles. The molecule has 0 saturated heterocycles. The Hall–Kier alpha value is -1.98. The normalized spacial score (nSPS) is 10.7. The summed E-state index contributed by atoms with van der Waals surface area (Å²) in [6, 6.07) is 1.82. The topological polar surface area (TPSA) is 55.1 Å². The average molecular weight is 250 g/mol. The second-order valence-electron chi connectivity index (χ2n) is 4.10. The Morgan fingerprint density at radius 2 is 2.17 bits per heavy atom. The third-order valence-corrected chi connectivity index (χ3v) is 2.62. The van der Waals surface area contributed by atoms with Crippen molar-refractivity contribution in [1.29, 1.82) is 0 Å². The predicted molar refractivity (Wildman–Crippen MR) is 64.7 cm³/mol. The summed E-state index contributed by atoms with van der Waals surface area (Å²) in [5, 5.41) is 3.87. The second-order valence-corrected chi connectivity index (χ2v) is 4.10. The van der Waals surface area contributed by atoms with Gasteiger partial charge in [-0.2, -0.15) is 0 Å². The minimum absolute atomic E-state index is 0.280. The van der Waals surface area contributed by atoms with Crippen LogP contribution in [-0.4, -0.2) is 22.2 Å². The Morgan fingerprint density at radius 1 is 1.39 bits per heavy atom. The van der Waals surface area contributed by atoms with Crippen molar-refractivity contribution in [2.75, 3.05) is 11.9 Å². The van der Waals surface area contributed by atoms with Crippen molar-refractivity contribution in [2.45, 2.75) is 26.8 Å². The van der Waals surface area contributed by atoms with Gasteiger partial charge in [-0.25, -0.2) is 14.4 Å². The standard InChI is InChI=1S/C12H15FN4O/c1-4-10-11(13)12(15-7-14-10)17(3)6-9-5-8(2)18-16-9/h5,7H,4,6H2,1-3H3. The fraction of sp³-hybridized carbons (Fsp3) is 0.417. The van der Waals surface area contributed by atoms with Gasteiger partial charge in [0.2, 0.25) is 0 Å². The quantitative estimate of drug-likeness (QED) is 0.831. The van der Waals surface area contributed by atoms with Crippen LogP contribution in [-0.2, 0) is 13.0 Å². The van der Waals surface area contributed by atoms with E-state index in [2.05, 4.69) is 15.1 Å². The Bertz CT molecular complexity index is 541. The Balaban J connectivity index is 2.21. The summed E-state index contributed by atoms with van der Waals surface area (Å²) in [4.78, 5) is 9.56. The summed E-state index contributed by atoms with van der Waals surface area (Å²) in [7, 11) is 1.76. The number of aromatic nitrogens is 3. The highest BCUT2D eigenvalue weighted by Gasteiger charge is 2.15. The van der Waals surface area contributed by atoms with E-state index in [0.717, 1.165) is 11.5 Å². The second kappa shape index (κ2) is 5.12. The minimum Gasteiger partial charge on any atom is -0.361 e. The minimum atomic E-state index is -0.372. The Kier molecular flexibility index (Phi) is 3.55. The fourth-order valence-electron chi connectivity index (χ4n) is 1.72. The summed E-state index contributed by atoms with van der Waals surface area (Å²) in [5.74, 6) is 0.640. The van der Waals surface area contributed by atoms with E-state index in [9.17, 15) is 4.39 Å². The van der Waals surface area contributed by atoms with Crippen LogP contribution in [0.25, 0.3) is 0 Å². The van der Waals surface area contributed by atoms with Crippen LogP contribution in [0.5, 0.6) is 0 Å². The zero-order valence-corrected chi connectivity index (χ0v) is 10.6. The summed E-state index contributed by atoms with van der Waals surface area (Å²) in [6.45, 7) is 4.11. The Labute approximate surface area is 105 Å². The van der Waals surface area contributed by atoms with Gasteiger partial charge in [0.25, 0.3) is 0 Å². The van der Waals surface area contributed by atoms with Crippen molar-refractivity contribution < 1.29 is 8.91 Å². The number of rotatable bonds is 4. The summed E-state index contributed by atoms with van der Waals surface area (Å²) >= 11 is 0. The van der Waals surface area contributed by atoms with E-state index in [1.807, 2.05) is 19.9 Å². The van der Waals surface area contributed by atoms with Crippen molar-refractivity contribution in [2.24, 2.45) is 0 Å². The number of anilines is 1. The lowest BCUT2D eigenvalue weighted by molar-refractivity contribution is 0.390. The molecule has 0 amide bonds. The molecule has 2 aromatic rings. The molecule has 5 nitrogen and oxygen atoms in total. The largest absolute Gasteiger partial charge is 0.361 e. The fourth-order valence-corrected chi connectivity index (χ4v) is 1.72. The maximum Gasteiger partial charge on any atom is 0.187 e. The van der Waals surface area contributed by atoms with Crippen LogP contribution in [0.4, 0.5) is 10.2 Å². The van der Waals surface area contributed by atoms with Gasteiger partial charge < -0.3 is 9.42 Å². The Morgan fingerprint density at radius 3 is 2.78 bits per heavy atom. The predicted octanol–water partition coefficient (Wildman–Crippen LogP) is 2.11. The zero-order chi connectivity index (χ0) is 13.1. The van der Waals surface area contributed by atoms with Crippen LogP contribution < -0.4 is 4.90 Å². The first-order valence-corrected chi connectivity index (χ1v) is 5.74. The third-order valence-electron chi connectivity index (χ3n) is 2.62. The molecule has 0 aliphatic carbocycles. The molecule has 0 atom stereocenters. The van der Waals surface area contributed by atoms with Crippen molar-refractivity contribution in [3.8, 4) is 0 Å². The molecular formula is C12H15FN4O. The molecule has 2 aromatic heterocycles. The van der Waals surface area contributed by atoms with Gasteiger partial charge in [-0.15, -0.1) is 0 Å². The molecule has 0 unspecified atom stereocenters. The van der Waals surface area contributed by atoms with Gasteiger partial charge in [-0.3, -0.25) is 0 Å². The molecule has 0 radical (unpaired) electrons. The molecule has 0 spiro atoms. The summed E-state index contributed by atoms with van der Waals surface area (Å²) in [5.41, 5.74) is 1.16. The average Bonchev–Trinajstić information content (AvgIpc) is 2.75. The molecule has 0 aliphatic heterocycles. The van der Waals surface area contributed by atoms with Gasteiger partial charge in [0.15, 0.2) is 11.6 Å². The third kappa shape index (κ3) is 2.47. The molecule has 0 bridgehead atoms. The van der Waals surface area contributed by atoms with Gasteiger partial charge in [-0.05, 0) is 13.3 Å². The van der Waals surface area contributed by atoms with Crippen LogP contribution in [0.2, 0.25) is 0 Å². The van der Waals surface area contributed by atoms with E-state index in [1.54, 1.807) is 11.9 Å². The molecule has 18 heavy (non-hydrogen) atoms. The zero-order valence-electron chi connectivity index (χ0n) is 10.6. The molecule has 2 heterocycles. The lowest BCUT2D eigenvalue weighted by Gasteiger charge is -2.17. The van der Waals surface area contributed by atoms with E-state index in [4.69, 9.17) is 4.52 Å². The monoisotopic (exact) mass is 250 g/mol. The van der Waals surface area contributed by atoms with Crippen molar-refractivity contribution >= 4 is 5.82 Å². The molecular weight excluding hydrogens is 235 g/mol. The highest BCUT2D eigenvalue weighted by Crippen LogP contribution is 2.18. The summed E-state index contributed by atoms with van der Waals surface area (Å²) < 4.78 is 19.0. The van der Waals surface area contributed by atoms with Crippen molar-refractivity contribution in [3.05, 3.63) is 35.4 Å². The van der Waals surface area contributed by atoms with E-state index < -0.39 is 0 Å². The van der Waals surface area contributed by atoms with Crippen LogP contribution in [0.15, 0.2) is 16.9 Å². The first kappa shape index (κ1) is 12.5. The van der Waals surface area contributed by atoms with Crippen molar-refractivity contribution in [1.82, 2.24) is 15.1 Å².